The van der Waals surface area contributed by atoms with Crippen molar-refractivity contribution in [2.75, 3.05) is 32.6 Å². The third-order valence-electron chi connectivity index (χ3n) is 3.46. The molecular formula is C13H21ClN4O. The van der Waals surface area contributed by atoms with Gasteiger partial charge in [-0.1, -0.05) is 18.5 Å². The number of nitrogens with zero attached hydrogens (tertiary/aromatic N) is 3. The summed E-state index contributed by atoms with van der Waals surface area (Å²) in [4.78, 5) is 10.9. The van der Waals surface area contributed by atoms with E-state index in [1.165, 1.54) is 0 Å². The highest BCUT2D eigenvalue weighted by Gasteiger charge is 2.24. The Hall–Kier alpha value is -0.910. The molecule has 0 amide bonds. The van der Waals surface area contributed by atoms with Crippen LogP contribution in [0.3, 0.4) is 0 Å². The minimum atomic E-state index is 0.373. The first kappa shape index (κ1) is 14.5. The quantitative estimate of drug-likeness (QED) is 0.858. The van der Waals surface area contributed by atoms with Crippen LogP contribution < -0.4 is 5.32 Å². The second kappa shape index (κ2) is 6.50. The number of ether oxygens (including phenoxy) is 1. The van der Waals surface area contributed by atoms with Crippen LogP contribution in [0, 0.1) is 5.92 Å². The molecule has 1 aliphatic heterocycles. The predicted octanol–water partition coefficient (Wildman–Crippen LogP) is 2.03. The van der Waals surface area contributed by atoms with Crippen LogP contribution in [-0.4, -0.2) is 48.2 Å². The Morgan fingerprint density at radius 3 is 3.00 bits per heavy atom. The number of piperidine rings is 1. The maximum atomic E-state index is 6.01. The van der Waals surface area contributed by atoms with Crippen molar-refractivity contribution >= 4 is 17.4 Å². The van der Waals surface area contributed by atoms with Crippen molar-refractivity contribution in [2.45, 2.75) is 26.0 Å². The van der Waals surface area contributed by atoms with E-state index in [2.05, 4.69) is 34.2 Å². The van der Waals surface area contributed by atoms with Crippen molar-refractivity contribution in [1.82, 2.24) is 14.9 Å². The number of halogens is 1. The van der Waals surface area contributed by atoms with E-state index >= 15 is 0 Å². The normalized spacial score (nSPS) is 24.4. The Kier molecular flexibility index (Phi) is 4.96. The van der Waals surface area contributed by atoms with Gasteiger partial charge in [-0.15, -0.1) is 0 Å². The summed E-state index contributed by atoms with van der Waals surface area (Å²) < 4.78 is 5.04. The molecule has 0 aromatic carbocycles. The minimum Gasteiger partial charge on any atom is -0.377 e. The van der Waals surface area contributed by atoms with Gasteiger partial charge in [-0.25, -0.2) is 9.97 Å². The first-order chi connectivity index (χ1) is 9.08. The highest BCUT2D eigenvalue weighted by atomic mass is 35.5. The van der Waals surface area contributed by atoms with Gasteiger partial charge in [0.25, 0.3) is 0 Å². The Labute approximate surface area is 119 Å². The van der Waals surface area contributed by atoms with Gasteiger partial charge in [-0.3, -0.25) is 0 Å². The zero-order valence-electron chi connectivity index (χ0n) is 11.7. The first-order valence-corrected chi connectivity index (χ1v) is 6.93. The summed E-state index contributed by atoms with van der Waals surface area (Å²) in [5.41, 5.74) is 0. The SMILES string of the molecule is COCc1nc(Cl)cc(NC2CCN(C)CC2C)n1. The summed E-state index contributed by atoms with van der Waals surface area (Å²) in [6, 6.07) is 2.20. The second-order valence-corrected chi connectivity index (χ2v) is 5.59. The first-order valence-electron chi connectivity index (χ1n) is 6.56. The highest BCUT2D eigenvalue weighted by Crippen LogP contribution is 2.21. The fourth-order valence-electron chi connectivity index (χ4n) is 2.49. The number of rotatable bonds is 4. The van der Waals surface area contributed by atoms with Crippen LogP contribution in [0.4, 0.5) is 5.82 Å². The third-order valence-corrected chi connectivity index (χ3v) is 3.65. The van der Waals surface area contributed by atoms with Gasteiger partial charge in [0.2, 0.25) is 0 Å². The van der Waals surface area contributed by atoms with Crippen LogP contribution >= 0.6 is 11.6 Å². The molecule has 1 N–H and O–H groups in total. The lowest BCUT2D eigenvalue weighted by Gasteiger charge is -2.35. The van der Waals surface area contributed by atoms with Gasteiger partial charge in [0, 0.05) is 25.8 Å². The van der Waals surface area contributed by atoms with E-state index in [0.29, 0.717) is 29.5 Å². The van der Waals surface area contributed by atoms with E-state index in [1.807, 2.05) is 0 Å². The second-order valence-electron chi connectivity index (χ2n) is 5.20. The molecule has 1 fully saturated rings. The van der Waals surface area contributed by atoms with Crippen LogP contribution in [0.15, 0.2) is 6.07 Å². The Morgan fingerprint density at radius 1 is 1.53 bits per heavy atom. The number of hydrogen-bond acceptors (Lipinski definition) is 5. The Bertz CT molecular complexity index is 429. The third kappa shape index (κ3) is 4.03. The fraction of sp³-hybridized carbons (Fsp3) is 0.692. The highest BCUT2D eigenvalue weighted by molar-refractivity contribution is 6.29. The largest absolute Gasteiger partial charge is 0.377 e. The lowest BCUT2D eigenvalue weighted by Crippen LogP contribution is -2.43. The minimum absolute atomic E-state index is 0.373. The summed E-state index contributed by atoms with van der Waals surface area (Å²) in [6.07, 6.45) is 1.11. The fourth-order valence-corrected chi connectivity index (χ4v) is 2.69. The summed E-state index contributed by atoms with van der Waals surface area (Å²) in [5, 5.41) is 3.92. The maximum absolute atomic E-state index is 6.01. The van der Waals surface area contributed by atoms with Gasteiger partial charge in [0.1, 0.15) is 17.6 Å². The van der Waals surface area contributed by atoms with Crippen molar-refractivity contribution in [3.05, 3.63) is 17.0 Å². The molecule has 1 aromatic rings. The molecule has 1 saturated heterocycles. The van der Waals surface area contributed by atoms with Gasteiger partial charge >= 0.3 is 0 Å². The van der Waals surface area contributed by atoms with E-state index in [9.17, 15) is 0 Å². The standard InChI is InChI=1S/C13H21ClN4O/c1-9-7-18(2)5-4-10(9)15-12-6-11(14)16-13(17-12)8-19-3/h6,9-10H,4-5,7-8H2,1-3H3,(H,15,16,17). The zero-order valence-corrected chi connectivity index (χ0v) is 12.4. The van der Waals surface area contributed by atoms with Crippen molar-refractivity contribution in [2.24, 2.45) is 5.92 Å². The number of nitrogens with one attached hydrogen (secondary N) is 1. The van der Waals surface area contributed by atoms with Gasteiger partial charge < -0.3 is 15.0 Å². The van der Waals surface area contributed by atoms with Gasteiger partial charge in [-0.05, 0) is 25.9 Å². The average Bonchev–Trinajstić information content (AvgIpc) is 2.32. The van der Waals surface area contributed by atoms with Crippen molar-refractivity contribution < 1.29 is 4.74 Å². The van der Waals surface area contributed by atoms with Crippen molar-refractivity contribution in [3.63, 3.8) is 0 Å². The number of aromatic nitrogens is 2. The molecule has 2 rings (SSSR count). The number of likely N-dealkylation sites (tertiary alicyclic amines) is 1. The molecular weight excluding hydrogens is 264 g/mol. The van der Waals surface area contributed by atoms with Gasteiger partial charge in [0.15, 0.2) is 5.82 Å². The molecule has 2 heterocycles. The molecule has 0 radical (unpaired) electrons. The average molecular weight is 285 g/mol. The molecule has 0 aliphatic carbocycles. The molecule has 1 aliphatic rings. The van der Waals surface area contributed by atoms with Gasteiger partial charge in [-0.2, -0.15) is 0 Å². The van der Waals surface area contributed by atoms with E-state index < -0.39 is 0 Å². The van der Waals surface area contributed by atoms with Gasteiger partial charge in [0.05, 0.1) is 0 Å². The van der Waals surface area contributed by atoms with Crippen LogP contribution in [-0.2, 0) is 11.3 Å². The number of anilines is 1. The zero-order chi connectivity index (χ0) is 13.8. The van der Waals surface area contributed by atoms with Crippen molar-refractivity contribution in [1.29, 1.82) is 0 Å². The summed E-state index contributed by atoms with van der Waals surface area (Å²) in [6.45, 7) is 4.83. The maximum Gasteiger partial charge on any atom is 0.158 e. The number of methoxy groups -OCH3 is 1. The monoisotopic (exact) mass is 284 g/mol. The lowest BCUT2D eigenvalue weighted by atomic mass is 9.94. The molecule has 6 heteroatoms. The molecule has 0 bridgehead atoms. The van der Waals surface area contributed by atoms with E-state index in [1.54, 1.807) is 13.2 Å². The molecule has 2 atom stereocenters. The smallest absolute Gasteiger partial charge is 0.158 e. The molecule has 19 heavy (non-hydrogen) atoms. The molecule has 2 unspecified atom stereocenters. The molecule has 0 saturated carbocycles. The molecule has 1 aromatic heterocycles. The van der Waals surface area contributed by atoms with E-state index in [0.717, 1.165) is 25.3 Å². The van der Waals surface area contributed by atoms with Crippen LogP contribution in [0.2, 0.25) is 5.15 Å². The Balaban J connectivity index is 2.05. The lowest BCUT2D eigenvalue weighted by molar-refractivity contribution is 0.177. The molecule has 5 nitrogen and oxygen atoms in total. The van der Waals surface area contributed by atoms with Crippen LogP contribution in [0.25, 0.3) is 0 Å². The van der Waals surface area contributed by atoms with Crippen LogP contribution in [0.1, 0.15) is 19.2 Å². The molecule has 0 spiro atoms. The van der Waals surface area contributed by atoms with E-state index in [-0.39, 0.29) is 0 Å². The molecule has 106 valence electrons. The summed E-state index contributed by atoms with van der Waals surface area (Å²) >= 11 is 6.01. The summed E-state index contributed by atoms with van der Waals surface area (Å²) in [7, 11) is 3.78. The van der Waals surface area contributed by atoms with Crippen molar-refractivity contribution in [3.8, 4) is 0 Å². The Morgan fingerprint density at radius 2 is 2.32 bits per heavy atom. The summed E-state index contributed by atoms with van der Waals surface area (Å²) in [5.74, 6) is 1.98. The number of hydrogen-bond donors (Lipinski definition) is 1. The van der Waals surface area contributed by atoms with E-state index in [4.69, 9.17) is 16.3 Å². The predicted molar refractivity (Wildman–Crippen MR) is 76.4 cm³/mol. The topological polar surface area (TPSA) is 50.3 Å². The van der Waals surface area contributed by atoms with Crippen LogP contribution in [0.5, 0.6) is 0 Å².